The van der Waals surface area contributed by atoms with Crippen LogP contribution in [0.1, 0.15) is 99.9 Å². The summed E-state index contributed by atoms with van der Waals surface area (Å²) in [7, 11) is 0. The normalized spacial score (nSPS) is 9.37. The van der Waals surface area contributed by atoms with Gasteiger partial charge >= 0.3 is 0 Å². The summed E-state index contributed by atoms with van der Waals surface area (Å²) in [4.78, 5) is 0. The lowest BCUT2D eigenvalue weighted by Crippen LogP contribution is -1.73. The molecule has 0 aromatic heterocycles. The van der Waals surface area contributed by atoms with Crippen molar-refractivity contribution in [1.82, 2.24) is 0 Å². The highest BCUT2D eigenvalue weighted by Gasteiger charge is 1.84. The molecule has 0 nitrogen and oxygen atoms in total. The molecule has 0 saturated carbocycles. The molecule has 0 radical (unpaired) electrons. The van der Waals surface area contributed by atoms with Crippen LogP contribution in [0.15, 0.2) is 126 Å². The van der Waals surface area contributed by atoms with Gasteiger partial charge in [0.25, 0.3) is 0 Å². The molecular formula is C35H66. The average Bonchev–Trinajstić information content (AvgIpc) is 2.66. The second-order valence-corrected chi connectivity index (χ2v) is 6.40. The molecule has 0 unspecified atom stereocenters. The first-order chi connectivity index (χ1) is 13.4. The summed E-state index contributed by atoms with van der Waals surface area (Å²) in [5, 5.41) is 0. The largest absolute Gasteiger partial charge is 0.125 e. The third kappa shape index (κ3) is 49.4. The molecule has 0 atom stereocenters. The molecular weight excluding hydrogens is 420 g/mol. The fraction of sp³-hybridized carbons (Fsp3) is 0.400. The van der Waals surface area contributed by atoms with Crippen LogP contribution in [0.25, 0.3) is 0 Å². The smallest absolute Gasteiger partial charge is 0.0169 e. The van der Waals surface area contributed by atoms with Crippen LogP contribution in [0.2, 0.25) is 0 Å². The first kappa shape index (κ1) is 58.2. The third-order valence-electron chi connectivity index (χ3n) is 3.62. The Kier molecular flexibility index (Phi) is 74.5. The topological polar surface area (TPSA) is 0 Å². The van der Waals surface area contributed by atoms with Gasteiger partial charge in [0.05, 0.1) is 0 Å². The van der Waals surface area contributed by atoms with Gasteiger partial charge in [-0.25, -0.2) is 0 Å². The van der Waals surface area contributed by atoms with E-state index < -0.39 is 0 Å². The number of hydrogen-bond donors (Lipinski definition) is 0. The summed E-state index contributed by atoms with van der Waals surface area (Å²) < 4.78 is 0. The van der Waals surface area contributed by atoms with E-state index in [0.717, 1.165) is 12.0 Å². The lowest BCUT2D eigenvalue weighted by Gasteiger charge is -1.94. The molecule has 0 aliphatic heterocycles. The zero-order valence-corrected chi connectivity index (χ0v) is 18.7. The molecule has 0 heterocycles. The van der Waals surface area contributed by atoms with E-state index in [-0.39, 0.29) is 52.0 Å². The average molecular weight is 487 g/mol. The van der Waals surface area contributed by atoms with Gasteiger partial charge in [0.2, 0.25) is 0 Å². The highest BCUT2D eigenvalue weighted by molar-refractivity contribution is 5.30. The Labute approximate surface area is 226 Å². The van der Waals surface area contributed by atoms with Crippen LogP contribution >= 0.6 is 0 Å². The summed E-state index contributed by atoms with van der Waals surface area (Å²) in [6.07, 6.45) is 28.8. The lowest BCUT2D eigenvalue weighted by molar-refractivity contribution is 1.29. The van der Waals surface area contributed by atoms with E-state index in [0.29, 0.717) is 0 Å². The molecule has 0 aromatic rings. The molecule has 35 heavy (non-hydrogen) atoms. The van der Waals surface area contributed by atoms with Gasteiger partial charge in [0.1, 0.15) is 0 Å². The predicted octanol–water partition coefficient (Wildman–Crippen LogP) is 13.4. The van der Waals surface area contributed by atoms with Crippen LogP contribution in [-0.2, 0) is 0 Å². The van der Waals surface area contributed by atoms with Gasteiger partial charge in [0.15, 0.2) is 0 Å². The van der Waals surface area contributed by atoms with Gasteiger partial charge in [0, 0.05) is 0 Å². The first-order valence-corrected chi connectivity index (χ1v) is 9.64. The lowest BCUT2D eigenvalue weighted by atomic mass is 10.1. The Hall–Kier alpha value is -2.82. The van der Waals surface area contributed by atoms with E-state index in [1.807, 2.05) is 74.6 Å². The molecule has 0 rings (SSSR count). The zero-order valence-electron chi connectivity index (χ0n) is 18.7. The minimum Gasteiger partial charge on any atom is -0.125 e. The van der Waals surface area contributed by atoms with Gasteiger partial charge in [-0.1, -0.05) is 148 Å². The van der Waals surface area contributed by atoms with Crippen molar-refractivity contribution in [2.75, 3.05) is 0 Å². The van der Waals surface area contributed by atoms with E-state index in [1.165, 1.54) is 16.7 Å². The minimum atomic E-state index is 0. The van der Waals surface area contributed by atoms with Gasteiger partial charge in [-0.05, 0) is 65.7 Å². The maximum absolute atomic E-state index is 3.88. The van der Waals surface area contributed by atoms with Crippen molar-refractivity contribution in [3.05, 3.63) is 126 Å². The minimum absolute atomic E-state index is 0. The van der Waals surface area contributed by atoms with Crippen LogP contribution in [0.3, 0.4) is 0 Å². The maximum atomic E-state index is 3.88. The van der Waals surface area contributed by atoms with Crippen molar-refractivity contribution in [3.63, 3.8) is 0 Å². The van der Waals surface area contributed by atoms with Crippen LogP contribution in [0.5, 0.6) is 0 Å². The molecule has 0 N–H and O–H groups in total. The van der Waals surface area contributed by atoms with Crippen LogP contribution in [0.4, 0.5) is 0 Å². The molecule has 0 aliphatic rings. The Morgan fingerprint density at radius 1 is 0.686 bits per heavy atom. The summed E-state index contributed by atoms with van der Waals surface area (Å²) >= 11 is 0. The Bertz CT molecular complexity index is 712. The number of hydrogen-bond acceptors (Lipinski definition) is 0. The van der Waals surface area contributed by atoms with E-state index in [1.54, 1.807) is 0 Å². The Balaban J connectivity index is -0.0000000463. The molecule has 0 aromatic carbocycles. The van der Waals surface area contributed by atoms with Crippen LogP contribution in [0, 0.1) is 0 Å². The highest BCUT2D eigenvalue weighted by Crippen LogP contribution is 2.05. The van der Waals surface area contributed by atoms with Crippen molar-refractivity contribution < 1.29 is 0 Å². The molecule has 0 bridgehead atoms. The van der Waals surface area contributed by atoms with Crippen molar-refractivity contribution >= 4 is 0 Å². The van der Waals surface area contributed by atoms with Crippen molar-refractivity contribution in [3.8, 4) is 0 Å². The second-order valence-electron chi connectivity index (χ2n) is 6.40. The SMILES string of the molecule is C.C.C.C.C.C.C.C=C(C)/C(C)=C\C=CC=CC(C)=C(C)C.C=CC/C=C\C=CC=CC=C=CC. The summed E-state index contributed by atoms with van der Waals surface area (Å²) in [6.45, 7) is 19.9. The van der Waals surface area contributed by atoms with Gasteiger partial charge in [-0.2, -0.15) is 0 Å². The summed E-state index contributed by atoms with van der Waals surface area (Å²) in [6, 6.07) is 0. The Morgan fingerprint density at radius 2 is 1.17 bits per heavy atom. The second kappa shape index (κ2) is 44.8. The standard InChI is InChI=1S/C15H22.C13H16.7CH4/c1-12(2)14(5)10-8-7-9-11-15(6)13(3)4;1-3-5-7-9-11-13-12-10-8-6-4-2;;;;;;;/h7-11H,1H2,2-6H3;3-4,7-13H,1,5H2,2H3;7*1H4/b8-7?,11-9?,14-10-;9-7-,12-10?,13-11?;;;;;;;. The predicted molar refractivity (Wildman–Crippen MR) is 179 cm³/mol. The molecule has 0 saturated heterocycles. The molecule has 206 valence electrons. The monoisotopic (exact) mass is 487 g/mol. The van der Waals surface area contributed by atoms with Crippen molar-refractivity contribution in [2.45, 2.75) is 99.9 Å². The van der Waals surface area contributed by atoms with Crippen molar-refractivity contribution in [2.24, 2.45) is 0 Å². The molecule has 0 heteroatoms. The van der Waals surface area contributed by atoms with Gasteiger partial charge < -0.3 is 0 Å². The third-order valence-corrected chi connectivity index (χ3v) is 3.62. The van der Waals surface area contributed by atoms with Crippen LogP contribution < -0.4 is 0 Å². The summed E-state index contributed by atoms with van der Waals surface area (Å²) in [5.74, 6) is 0. The van der Waals surface area contributed by atoms with E-state index in [2.05, 4.69) is 70.9 Å². The van der Waals surface area contributed by atoms with Crippen LogP contribution in [-0.4, -0.2) is 0 Å². The first-order valence-electron chi connectivity index (χ1n) is 9.64. The molecule has 0 spiro atoms. The fourth-order valence-electron chi connectivity index (χ4n) is 1.43. The fourth-order valence-corrected chi connectivity index (χ4v) is 1.43. The number of allylic oxidation sites excluding steroid dienone is 17. The summed E-state index contributed by atoms with van der Waals surface area (Å²) in [5.41, 5.74) is 7.97. The van der Waals surface area contributed by atoms with E-state index in [9.17, 15) is 0 Å². The highest BCUT2D eigenvalue weighted by atomic mass is 13.9. The maximum Gasteiger partial charge on any atom is -0.0169 e. The molecule has 0 fully saturated rings. The van der Waals surface area contributed by atoms with E-state index in [4.69, 9.17) is 0 Å². The number of rotatable bonds is 9. The van der Waals surface area contributed by atoms with E-state index >= 15 is 0 Å². The quantitative estimate of drug-likeness (QED) is 0.173. The van der Waals surface area contributed by atoms with Gasteiger partial charge in [-0.15, -0.1) is 12.3 Å². The molecule has 0 aliphatic carbocycles. The zero-order chi connectivity index (χ0) is 21.6. The van der Waals surface area contributed by atoms with Gasteiger partial charge in [-0.3, -0.25) is 0 Å². The molecule has 0 amide bonds. The van der Waals surface area contributed by atoms with Crippen molar-refractivity contribution in [1.29, 1.82) is 0 Å². The Morgan fingerprint density at radius 3 is 1.63 bits per heavy atom.